The van der Waals surface area contributed by atoms with E-state index in [1.807, 2.05) is 0 Å². The number of amides is 1. The normalized spacial score (nSPS) is 12.4. The lowest BCUT2D eigenvalue weighted by molar-refractivity contribution is 0.0944. The largest absolute Gasteiger partial charge is 0.452 e. The zero-order valence-corrected chi connectivity index (χ0v) is 11.9. The highest BCUT2D eigenvalue weighted by Gasteiger charge is 2.23. The van der Waals surface area contributed by atoms with E-state index in [0.717, 1.165) is 6.26 Å². The van der Waals surface area contributed by atoms with Gasteiger partial charge in [-0.1, -0.05) is 0 Å². The van der Waals surface area contributed by atoms with Crippen LogP contribution in [0.5, 0.6) is 0 Å². The summed E-state index contributed by atoms with van der Waals surface area (Å²) >= 11 is 5.65. The zero-order chi connectivity index (χ0) is 14.0. The number of hydrogen-bond donors (Lipinski definition) is 2. The third kappa shape index (κ3) is 4.67. The van der Waals surface area contributed by atoms with E-state index in [1.54, 1.807) is 13.8 Å². The number of carbonyl (C=O) groups is 1. The second-order valence-corrected chi connectivity index (χ2v) is 6.64. The molecule has 1 aromatic rings. The molecule has 1 heterocycles. The van der Waals surface area contributed by atoms with Gasteiger partial charge in [-0.05, 0) is 31.5 Å². The van der Waals surface area contributed by atoms with Gasteiger partial charge in [0.1, 0.15) is 0 Å². The summed E-state index contributed by atoms with van der Waals surface area (Å²) in [6, 6.07) is 1.44. The molecular formula is C10H15ClN2O4S. The molecule has 0 aliphatic heterocycles. The van der Waals surface area contributed by atoms with Crippen molar-refractivity contribution in [2.24, 2.45) is 0 Å². The van der Waals surface area contributed by atoms with Crippen molar-refractivity contribution in [2.45, 2.75) is 19.4 Å². The maximum Gasteiger partial charge on any atom is 0.256 e. The standard InChI is InChI=1S/C10H15ClN2O4S/c1-10(2,13-18(3,15)16)6-12-9(14)7-4-5-17-8(7)11/h4-5,13H,6H2,1-3H3,(H,12,14). The van der Waals surface area contributed by atoms with E-state index in [1.165, 1.54) is 12.3 Å². The molecule has 0 spiro atoms. The van der Waals surface area contributed by atoms with E-state index in [0.29, 0.717) is 0 Å². The first kappa shape index (κ1) is 15.0. The third-order valence-electron chi connectivity index (χ3n) is 2.02. The average Bonchev–Trinajstić information content (AvgIpc) is 2.57. The summed E-state index contributed by atoms with van der Waals surface area (Å²) in [5, 5.41) is 2.58. The molecule has 0 saturated heterocycles. The molecule has 0 bridgehead atoms. The molecule has 0 aliphatic carbocycles. The van der Waals surface area contributed by atoms with Crippen LogP contribution in [0.3, 0.4) is 0 Å². The van der Waals surface area contributed by atoms with Crippen molar-refractivity contribution in [3.05, 3.63) is 23.1 Å². The van der Waals surface area contributed by atoms with Gasteiger partial charge in [-0.3, -0.25) is 4.79 Å². The number of carbonyl (C=O) groups excluding carboxylic acids is 1. The van der Waals surface area contributed by atoms with E-state index in [4.69, 9.17) is 16.0 Å². The van der Waals surface area contributed by atoms with Gasteiger partial charge < -0.3 is 9.73 Å². The molecule has 6 nitrogen and oxygen atoms in total. The lowest BCUT2D eigenvalue weighted by atomic mass is 10.1. The molecule has 0 fully saturated rings. The predicted molar refractivity (Wildman–Crippen MR) is 68.1 cm³/mol. The second kappa shape index (κ2) is 5.29. The summed E-state index contributed by atoms with van der Waals surface area (Å²) < 4.78 is 29.4. The van der Waals surface area contributed by atoms with Crippen LogP contribution in [0.4, 0.5) is 0 Å². The summed E-state index contributed by atoms with van der Waals surface area (Å²) in [7, 11) is -3.34. The van der Waals surface area contributed by atoms with Crippen LogP contribution in [0.1, 0.15) is 24.2 Å². The summed E-state index contributed by atoms with van der Waals surface area (Å²) in [4.78, 5) is 11.7. The van der Waals surface area contributed by atoms with Gasteiger partial charge in [0.2, 0.25) is 15.2 Å². The van der Waals surface area contributed by atoms with E-state index in [9.17, 15) is 13.2 Å². The zero-order valence-electron chi connectivity index (χ0n) is 10.3. The van der Waals surface area contributed by atoms with Crippen LogP contribution < -0.4 is 10.0 Å². The summed E-state index contributed by atoms with van der Waals surface area (Å²) in [5.74, 6) is -0.419. The first-order valence-corrected chi connectivity index (χ1v) is 7.38. The van der Waals surface area contributed by atoms with E-state index < -0.39 is 21.5 Å². The van der Waals surface area contributed by atoms with E-state index in [2.05, 4.69) is 10.0 Å². The fourth-order valence-corrected chi connectivity index (χ4v) is 2.67. The Hall–Kier alpha value is -1.05. The second-order valence-electron chi connectivity index (χ2n) is 4.55. The number of furan rings is 1. The molecule has 0 radical (unpaired) electrons. The van der Waals surface area contributed by atoms with Crippen LogP contribution in [0.2, 0.25) is 5.22 Å². The summed E-state index contributed by atoms with van der Waals surface area (Å²) in [5.41, 5.74) is -0.578. The third-order valence-corrected chi connectivity index (χ3v) is 3.23. The first-order valence-electron chi connectivity index (χ1n) is 5.11. The Bertz CT molecular complexity index is 536. The Morgan fingerprint density at radius 2 is 2.11 bits per heavy atom. The smallest absolute Gasteiger partial charge is 0.256 e. The molecular weight excluding hydrogens is 280 g/mol. The van der Waals surface area contributed by atoms with E-state index >= 15 is 0 Å². The van der Waals surface area contributed by atoms with Crippen molar-refractivity contribution >= 4 is 27.5 Å². The highest BCUT2D eigenvalue weighted by Crippen LogP contribution is 2.16. The molecule has 18 heavy (non-hydrogen) atoms. The number of rotatable bonds is 5. The molecule has 0 atom stereocenters. The first-order chi connectivity index (χ1) is 8.11. The van der Waals surface area contributed by atoms with Gasteiger partial charge in [0.15, 0.2) is 0 Å². The predicted octanol–water partition coefficient (Wildman–Crippen LogP) is 0.991. The minimum Gasteiger partial charge on any atom is -0.452 e. The Balaban J connectivity index is 2.61. The molecule has 0 aromatic carbocycles. The maximum absolute atomic E-state index is 11.7. The molecule has 1 aromatic heterocycles. The SMILES string of the molecule is CC(C)(CNC(=O)c1ccoc1Cl)NS(C)(=O)=O. The van der Waals surface area contributed by atoms with Crippen LogP contribution in [0, 0.1) is 0 Å². The van der Waals surface area contributed by atoms with Crippen LogP contribution in [0.25, 0.3) is 0 Å². The monoisotopic (exact) mass is 294 g/mol. The Morgan fingerprint density at radius 1 is 1.50 bits per heavy atom. The van der Waals surface area contributed by atoms with Gasteiger partial charge in [-0.25, -0.2) is 13.1 Å². The van der Waals surface area contributed by atoms with Crippen molar-refractivity contribution in [3.8, 4) is 0 Å². The number of nitrogens with one attached hydrogen (secondary N) is 2. The van der Waals surface area contributed by atoms with Crippen molar-refractivity contribution < 1.29 is 17.6 Å². The van der Waals surface area contributed by atoms with Crippen LogP contribution >= 0.6 is 11.6 Å². The van der Waals surface area contributed by atoms with Crippen molar-refractivity contribution in [3.63, 3.8) is 0 Å². The topological polar surface area (TPSA) is 88.4 Å². The molecule has 0 saturated carbocycles. The quantitative estimate of drug-likeness (QED) is 0.847. The van der Waals surface area contributed by atoms with Crippen LogP contribution in [-0.4, -0.2) is 32.7 Å². The molecule has 8 heteroatoms. The van der Waals surface area contributed by atoms with Crippen LogP contribution in [-0.2, 0) is 10.0 Å². The summed E-state index contributed by atoms with van der Waals surface area (Å²) in [6.45, 7) is 3.44. The number of hydrogen-bond acceptors (Lipinski definition) is 4. The fraction of sp³-hybridized carbons (Fsp3) is 0.500. The maximum atomic E-state index is 11.7. The Kier molecular flexibility index (Phi) is 4.41. The number of sulfonamides is 1. The van der Waals surface area contributed by atoms with Crippen LogP contribution in [0.15, 0.2) is 16.7 Å². The van der Waals surface area contributed by atoms with Gasteiger partial charge >= 0.3 is 0 Å². The summed E-state index contributed by atoms with van der Waals surface area (Å²) in [6.07, 6.45) is 2.36. The van der Waals surface area contributed by atoms with E-state index in [-0.39, 0.29) is 17.3 Å². The molecule has 1 rings (SSSR count). The Labute approximate surface area is 111 Å². The van der Waals surface area contributed by atoms with Gasteiger partial charge in [-0.2, -0.15) is 0 Å². The lowest BCUT2D eigenvalue weighted by Gasteiger charge is -2.25. The van der Waals surface area contributed by atoms with Crippen molar-refractivity contribution in [2.75, 3.05) is 12.8 Å². The molecule has 0 aliphatic rings. The Morgan fingerprint density at radius 3 is 2.56 bits per heavy atom. The molecule has 0 unspecified atom stereocenters. The highest BCUT2D eigenvalue weighted by molar-refractivity contribution is 7.88. The minimum absolute atomic E-state index is 0.00128. The molecule has 102 valence electrons. The molecule has 2 N–H and O–H groups in total. The fourth-order valence-electron chi connectivity index (χ4n) is 1.39. The highest BCUT2D eigenvalue weighted by atomic mass is 35.5. The van der Waals surface area contributed by atoms with Gasteiger partial charge in [0, 0.05) is 12.1 Å². The average molecular weight is 295 g/mol. The minimum atomic E-state index is -3.34. The molecule has 1 amide bonds. The van der Waals surface area contributed by atoms with Gasteiger partial charge in [0.05, 0.1) is 18.1 Å². The van der Waals surface area contributed by atoms with Gasteiger partial charge in [0.25, 0.3) is 5.91 Å². The van der Waals surface area contributed by atoms with Crippen molar-refractivity contribution in [1.29, 1.82) is 0 Å². The number of halogens is 1. The van der Waals surface area contributed by atoms with Crippen molar-refractivity contribution in [1.82, 2.24) is 10.0 Å². The lowest BCUT2D eigenvalue weighted by Crippen LogP contribution is -2.50. The van der Waals surface area contributed by atoms with Gasteiger partial charge in [-0.15, -0.1) is 0 Å².